The molecule has 0 fully saturated rings. The van der Waals surface area contributed by atoms with Crippen LogP contribution in [0.5, 0.6) is 0 Å². The molecule has 1 aromatic heterocycles. The Bertz CT molecular complexity index is 326. The number of carbonyl (C=O) groups is 1. The van der Waals surface area contributed by atoms with E-state index in [1.807, 2.05) is 13.8 Å². The molecule has 1 rings (SSSR count). The lowest BCUT2D eigenvalue weighted by Gasteiger charge is -1.95. The van der Waals surface area contributed by atoms with Crippen molar-refractivity contribution >= 4 is 12.0 Å². The standard InChI is InChI=1S/C9H12N2O2/c1-6(2)9-10-5-7(11-9)3-4-8(12)13/h3-6H,1-2H3,(H,10,11)(H,12,13). The van der Waals surface area contributed by atoms with Gasteiger partial charge in [-0.3, -0.25) is 0 Å². The van der Waals surface area contributed by atoms with Crippen LogP contribution in [0.4, 0.5) is 0 Å². The minimum Gasteiger partial charge on any atom is -0.478 e. The molecule has 13 heavy (non-hydrogen) atoms. The van der Waals surface area contributed by atoms with Crippen molar-refractivity contribution in [1.82, 2.24) is 9.97 Å². The smallest absolute Gasteiger partial charge is 0.328 e. The first kappa shape index (κ1) is 9.51. The summed E-state index contributed by atoms with van der Waals surface area (Å²) in [6.07, 6.45) is 4.22. The summed E-state index contributed by atoms with van der Waals surface area (Å²) in [7, 11) is 0. The van der Waals surface area contributed by atoms with Gasteiger partial charge in [0.05, 0.1) is 5.69 Å². The lowest BCUT2D eigenvalue weighted by Crippen LogP contribution is -1.89. The van der Waals surface area contributed by atoms with E-state index in [0.717, 1.165) is 11.9 Å². The van der Waals surface area contributed by atoms with Gasteiger partial charge < -0.3 is 10.1 Å². The Kier molecular flexibility index (Phi) is 2.84. The number of aromatic amines is 1. The number of aliphatic carboxylic acids is 1. The minimum atomic E-state index is -0.964. The zero-order valence-electron chi connectivity index (χ0n) is 7.61. The van der Waals surface area contributed by atoms with Crippen molar-refractivity contribution in [1.29, 1.82) is 0 Å². The van der Waals surface area contributed by atoms with Crippen LogP contribution in [-0.2, 0) is 4.79 Å². The maximum absolute atomic E-state index is 10.2. The van der Waals surface area contributed by atoms with E-state index >= 15 is 0 Å². The summed E-state index contributed by atoms with van der Waals surface area (Å²) in [5.74, 6) is 0.228. The first-order valence-electron chi connectivity index (χ1n) is 4.06. The molecule has 4 heteroatoms. The van der Waals surface area contributed by atoms with Gasteiger partial charge in [0, 0.05) is 18.2 Å². The number of nitrogens with one attached hydrogen (secondary N) is 1. The van der Waals surface area contributed by atoms with Gasteiger partial charge in [0.1, 0.15) is 5.82 Å². The molecular formula is C9H12N2O2. The van der Waals surface area contributed by atoms with Crippen molar-refractivity contribution in [2.45, 2.75) is 19.8 Å². The maximum atomic E-state index is 10.2. The van der Waals surface area contributed by atoms with Crippen LogP contribution in [0.1, 0.15) is 31.3 Å². The molecule has 0 atom stereocenters. The highest BCUT2D eigenvalue weighted by molar-refractivity contribution is 5.84. The van der Waals surface area contributed by atoms with E-state index in [2.05, 4.69) is 9.97 Å². The van der Waals surface area contributed by atoms with Gasteiger partial charge in [0.15, 0.2) is 0 Å². The molecule has 0 aliphatic heterocycles. The number of hydrogen-bond donors (Lipinski definition) is 2. The number of H-pyrrole nitrogens is 1. The maximum Gasteiger partial charge on any atom is 0.328 e. The van der Waals surface area contributed by atoms with Crippen molar-refractivity contribution in [3.8, 4) is 0 Å². The van der Waals surface area contributed by atoms with Crippen LogP contribution in [0, 0.1) is 0 Å². The number of aromatic nitrogens is 2. The molecule has 1 heterocycles. The number of carboxylic acids is 1. The van der Waals surface area contributed by atoms with Crippen molar-refractivity contribution in [2.75, 3.05) is 0 Å². The Balaban J connectivity index is 2.75. The normalized spacial score (nSPS) is 11.3. The third kappa shape index (κ3) is 2.74. The van der Waals surface area contributed by atoms with E-state index in [1.54, 1.807) is 6.20 Å². The van der Waals surface area contributed by atoms with Crippen LogP contribution < -0.4 is 0 Å². The Hall–Kier alpha value is -1.58. The van der Waals surface area contributed by atoms with Crippen LogP contribution in [0.15, 0.2) is 12.3 Å². The number of imidazole rings is 1. The molecule has 1 aromatic rings. The molecule has 0 saturated carbocycles. The van der Waals surface area contributed by atoms with E-state index in [1.165, 1.54) is 6.08 Å². The summed E-state index contributed by atoms with van der Waals surface area (Å²) in [6.45, 7) is 4.03. The average Bonchev–Trinajstić information content (AvgIpc) is 2.48. The number of carboxylic acid groups (broad SMARTS) is 1. The van der Waals surface area contributed by atoms with E-state index in [-0.39, 0.29) is 0 Å². The highest BCUT2D eigenvalue weighted by Gasteiger charge is 2.02. The molecule has 0 aromatic carbocycles. The predicted octanol–water partition coefficient (Wildman–Crippen LogP) is 1.63. The van der Waals surface area contributed by atoms with E-state index < -0.39 is 5.97 Å². The Morgan fingerprint density at radius 1 is 1.69 bits per heavy atom. The predicted molar refractivity (Wildman–Crippen MR) is 49.3 cm³/mol. The molecule has 0 spiro atoms. The second-order valence-corrected chi connectivity index (χ2v) is 3.04. The van der Waals surface area contributed by atoms with Gasteiger partial charge in [-0.25, -0.2) is 9.78 Å². The van der Waals surface area contributed by atoms with Gasteiger partial charge in [0.2, 0.25) is 0 Å². The molecule has 0 unspecified atom stereocenters. The SMILES string of the molecule is CC(C)c1nc(C=CC(=O)O)c[nH]1. The minimum absolute atomic E-state index is 0.326. The summed E-state index contributed by atoms with van der Waals surface area (Å²) < 4.78 is 0. The molecule has 2 N–H and O–H groups in total. The fraction of sp³-hybridized carbons (Fsp3) is 0.333. The van der Waals surface area contributed by atoms with Crippen molar-refractivity contribution < 1.29 is 9.90 Å². The molecule has 0 radical (unpaired) electrons. The van der Waals surface area contributed by atoms with Crippen LogP contribution in [0.3, 0.4) is 0 Å². The van der Waals surface area contributed by atoms with Gasteiger partial charge >= 0.3 is 5.97 Å². The first-order chi connectivity index (χ1) is 6.09. The lowest BCUT2D eigenvalue weighted by molar-refractivity contribution is -0.131. The van der Waals surface area contributed by atoms with Gasteiger partial charge in [-0.15, -0.1) is 0 Å². The molecule has 0 amide bonds. The molecular weight excluding hydrogens is 168 g/mol. The molecule has 4 nitrogen and oxygen atoms in total. The van der Waals surface area contributed by atoms with Gasteiger partial charge in [-0.05, 0) is 6.08 Å². The topological polar surface area (TPSA) is 66.0 Å². The van der Waals surface area contributed by atoms with Crippen LogP contribution in [-0.4, -0.2) is 21.0 Å². The summed E-state index contributed by atoms with van der Waals surface area (Å²) in [5, 5.41) is 8.37. The zero-order chi connectivity index (χ0) is 9.84. The monoisotopic (exact) mass is 180 g/mol. The average molecular weight is 180 g/mol. The Morgan fingerprint density at radius 3 is 2.85 bits per heavy atom. The number of hydrogen-bond acceptors (Lipinski definition) is 2. The lowest BCUT2D eigenvalue weighted by atomic mass is 10.2. The Morgan fingerprint density at radius 2 is 2.38 bits per heavy atom. The fourth-order valence-electron chi connectivity index (χ4n) is 0.889. The summed E-state index contributed by atoms with van der Waals surface area (Å²) in [4.78, 5) is 17.3. The van der Waals surface area contributed by atoms with Crippen LogP contribution in [0.25, 0.3) is 6.08 Å². The second kappa shape index (κ2) is 3.89. The molecule has 0 bridgehead atoms. The molecule has 0 aliphatic rings. The van der Waals surface area contributed by atoms with E-state index in [9.17, 15) is 4.79 Å². The van der Waals surface area contributed by atoms with Gasteiger partial charge in [-0.1, -0.05) is 13.8 Å². The van der Waals surface area contributed by atoms with Crippen molar-refractivity contribution in [2.24, 2.45) is 0 Å². The molecule has 70 valence electrons. The van der Waals surface area contributed by atoms with Crippen LogP contribution >= 0.6 is 0 Å². The fourth-order valence-corrected chi connectivity index (χ4v) is 0.889. The number of nitrogens with zero attached hydrogens (tertiary/aromatic N) is 1. The Labute approximate surface area is 76.3 Å². The van der Waals surface area contributed by atoms with Crippen LogP contribution in [0.2, 0.25) is 0 Å². The molecule has 0 aliphatic carbocycles. The van der Waals surface area contributed by atoms with E-state index in [4.69, 9.17) is 5.11 Å². The van der Waals surface area contributed by atoms with Gasteiger partial charge in [0.25, 0.3) is 0 Å². The largest absolute Gasteiger partial charge is 0.478 e. The van der Waals surface area contributed by atoms with Crippen molar-refractivity contribution in [3.63, 3.8) is 0 Å². The summed E-state index contributed by atoms with van der Waals surface area (Å²) >= 11 is 0. The van der Waals surface area contributed by atoms with Crippen molar-refractivity contribution in [3.05, 3.63) is 23.8 Å². The first-order valence-corrected chi connectivity index (χ1v) is 4.06. The quantitative estimate of drug-likeness (QED) is 0.695. The van der Waals surface area contributed by atoms with Gasteiger partial charge in [-0.2, -0.15) is 0 Å². The second-order valence-electron chi connectivity index (χ2n) is 3.04. The third-order valence-electron chi connectivity index (χ3n) is 1.56. The summed E-state index contributed by atoms with van der Waals surface area (Å²) in [5.41, 5.74) is 0.645. The summed E-state index contributed by atoms with van der Waals surface area (Å²) in [6, 6.07) is 0. The number of rotatable bonds is 3. The zero-order valence-corrected chi connectivity index (χ0v) is 7.61. The molecule has 0 saturated heterocycles. The highest BCUT2D eigenvalue weighted by Crippen LogP contribution is 2.09. The van der Waals surface area contributed by atoms with E-state index in [0.29, 0.717) is 11.6 Å². The third-order valence-corrected chi connectivity index (χ3v) is 1.56. The highest BCUT2D eigenvalue weighted by atomic mass is 16.4.